The molecule has 27 heavy (non-hydrogen) atoms. The normalized spacial score (nSPS) is 11.0. The maximum Gasteiger partial charge on any atom is 0.341 e. The van der Waals surface area contributed by atoms with Gasteiger partial charge in [0, 0.05) is 17.0 Å². The van der Waals surface area contributed by atoms with Gasteiger partial charge in [0.25, 0.3) is 0 Å². The summed E-state index contributed by atoms with van der Waals surface area (Å²) in [5.74, 6) is -2.81. The highest BCUT2D eigenvalue weighted by atomic mass is 32.2. The number of imidazole rings is 1. The average Bonchev–Trinajstić information content (AvgIpc) is 3.13. The standard InChI is InChI=1S/C17H15F2N3O3S2/c1-7-8(2)27-15(14(7)16(24)25-3)22-13(23)6-26-17-20-11-4-9(18)10(19)5-12(11)21-17/h4-5H,6H2,1-3H3,(H,20,21)(H,22,23). The van der Waals surface area contributed by atoms with Crippen LogP contribution in [0.15, 0.2) is 17.3 Å². The molecule has 0 fully saturated rings. The molecule has 0 aliphatic carbocycles. The summed E-state index contributed by atoms with van der Waals surface area (Å²) in [5, 5.41) is 3.49. The van der Waals surface area contributed by atoms with Crippen molar-refractivity contribution in [3.8, 4) is 0 Å². The fourth-order valence-corrected chi connectivity index (χ4v) is 4.16. The van der Waals surface area contributed by atoms with Gasteiger partial charge in [-0.25, -0.2) is 18.6 Å². The van der Waals surface area contributed by atoms with Crippen LogP contribution in [0.5, 0.6) is 0 Å². The first kappa shape index (κ1) is 19.3. The SMILES string of the molecule is COC(=O)c1c(NC(=O)CSc2nc3cc(F)c(F)cc3[nH]2)sc(C)c1C. The molecule has 0 saturated carbocycles. The van der Waals surface area contributed by atoms with Gasteiger partial charge < -0.3 is 15.0 Å². The van der Waals surface area contributed by atoms with Gasteiger partial charge in [-0.15, -0.1) is 11.3 Å². The van der Waals surface area contributed by atoms with Gasteiger partial charge in [0.2, 0.25) is 5.91 Å². The number of nitrogens with one attached hydrogen (secondary N) is 2. The van der Waals surface area contributed by atoms with Crippen LogP contribution in [-0.2, 0) is 9.53 Å². The van der Waals surface area contributed by atoms with Gasteiger partial charge in [0.05, 0.1) is 29.5 Å². The molecule has 142 valence electrons. The molecule has 0 aliphatic rings. The first-order valence-electron chi connectivity index (χ1n) is 7.76. The van der Waals surface area contributed by atoms with E-state index in [-0.39, 0.29) is 17.2 Å². The fourth-order valence-electron chi connectivity index (χ4n) is 2.41. The summed E-state index contributed by atoms with van der Waals surface area (Å²) in [6.45, 7) is 3.64. The summed E-state index contributed by atoms with van der Waals surface area (Å²) in [5.41, 5.74) is 1.72. The molecule has 10 heteroatoms. The Morgan fingerprint density at radius 2 is 2.00 bits per heavy atom. The van der Waals surface area contributed by atoms with Crippen molar-refractivity contribution in [1.82, 2.24) is 9.97 Å². The van der Waals surface area contributed by atoms with Gasteiger partial charge in [0.1, 0.15) is 5.00 Å². The summed E-state index contributed by atoms with van der Waals surface area (Å²) < 4.78 is 31.3. The first-order chi connectivity index (χ1) is 12.8. The maximum atomic E-state index is 13.3. The smallest absolute Gasteiger partial charge is 0.341 e. The number of aromatic nitrogens is 2. The summed E-state index contributed by atoms with van der Waals surface area (Å²) in [7, 11) is 1.28. The Balaban J connectivity index is 1.70. The number of thioether (sulfide) groups is 1. The van der Waals surface area contributed by atoms with Gasteiger partial charge in [-0.3, -0.25) is 4.79 Å². The molecule has 0 bridgehead atoms. The highest BCUT2D eigenvalue weighted by Crippen LogP contribution is 2.33. The quantitative estimate of drug-likeness (QED) is 0.489. The number of esters is 1. The zero-order chi connectivity index (χ0) is 19.7. The third kappa shape index (κ3) is 3.96. The van der Waals surface area contributed by atoms with Crippen LogP contribution in [0.3, 0.4) is 0 Å². The van der Waals surface area contributed by atoms with Gasteiger partial charge in [0.15, 0.2) is 16.8 Å². The molecule has 0 unspecified atom stereocenters. The van der Waals surface area contributed by atoms with Gasteiger partial charge in [-0.1, -0.05) is 11.8 Å². The lowest BCUT2D eigenvalue weighted by Crippen LogP contribution is -2.16. The Labute approximate surface area is 161 Å². The summed E-state index contributed by atoms with van der Waals surface area (Å²) in [6.07, 6.45) is 0. The van der Waals surface area contributed by atoms with E-state index in [4.69, 9.17) is 4.74 Å². The van der Waals surface area contributed by atoms with E-state index in [0.29, 0.717) is 21.2 Å². The van der Waals surface area contributed by atoms with Crippen LogP contribution < -0.4 is 5.32 Å². The number of ether oxygens (including phenoxy) is 1. The summed E-state index contributed by atoms with van der Waals surface area (Å²) in [4.78, 5) is 32.0. The zero-order valence-corrected chi connectivity index (χ0v) is 16.2. The van der Waals surface area contributed by atoms with Crippen LogP contribution in [0.4, 0.5) is 13.8 Å². The molecule has 0 radical (unpaired) electrons. The Hall–Kier alpha value is -2.46. The number of hydrogen-bond donors (Lipinski definition) is 2. The fraction of sp³-hybridized carbons (Fsp3) is 0.235. The number of H-pyrrole nitrogens is 1. The second-order valence-electron chi connectivity index (χ2n) is 5.64. The number of benzene rings is 1. The number of thiophene rings is 1. The first-order valence-corrected chi connectivity index (χ1v) is 9.56. The number of anilines is 1. The number of carbonyl (C=O) groups excluding carboxylic acids is 2. The molecule has 6 nitrogen and oxygen atoms in total. The van der Waals surface area contributed by atoms with E-state index < -0.39 is 17.6 Å². The highest BCUT2D eigenvalue weighted by Gasteiger charge is 2.21. The van der Waals surface area contributed by atoms with Crippen molar-refractivity contribution in [2.45, 2.75) is 19.0 Å². The number of aryl methyl sites for hydroxylation is 1. The van der Waals surface area contributed by atoms with E-state index >= 15 is 0 Å². The van der Waals surface area contributed by atoms with Crippen molar-refractivity contribution < 1.29 is 23.1 Å². The zero-order valence-electron chi connectivity index (χ0n) is 14.6. The van der Waals surface area contributed by atoms with Crippen molar-refractivity contribution in [2.24, 2.45) is 0 Å². The molecular weight excluding hydrogens is 396 g/mol. The topological polar surface area (TPSA) is 84.1 Å². The van der Waals surface area contributed by atoms with E-state index in [1.54, 1.807) is 6.92 Å². The number of fused-ring (bicyclic) bond motifs is 1. The molecule has 3 aromatic rings. The minimum Gasteiger partial charge on any atom is -0.465 e. The summed E-state index contributed by atoms with van der Waals surface area (Å²) in [6, 6.07) is 2.01. The van der Waals surface area contributed by atoms with Crippen molar-refractivity contribution in [1.29, 1.82) is 0 Å². The van der Waals surface area contributed by atoms with E-state index in [9.17, 15) is 18.4 Å². The second-order valence-corrected chi connectivity index (χ2v) is 7.83. The van der Waals surface area contributed by atoms with Gasteiger partial charge in [-0.2, -0.15) is 0 Å². The molecule has 0 aliphatic heterocycles. The van der Waals surface area contributed by atoms with Crippen LogP contribution in [0, 0.1) is 25.5 Å². The van der Waals surface area contributed by atoms with Crippen LogP contribution in [-0.4, -0.2) is 34.7 Å². The molecule has 0 atom stereocenters. The Morgan fingerprint density at radius 3 is 2.70 bits per heavy atom. The van der Waals surface area contributed by atoms with Crippen LogP contribution in [0.1, 0.15) is 20.8 Å². The lowest BCUT2D eigenvalue weighted by atomic mass is 10.1. The molecule has 2 aromatic heterocycles. The van der Waals surface area contributed by atoms with E-state index in [1.165, 1.54) is 18.4 Å². The van der Waals surface area contributed by atoms with Gasteiger partial charge >= 0.3 is 5.97 Å². The number of nitrogens with zero attached hydrogens (tertiary/aromatic N) is 1. The lowest BCUT2D eigenvalue weighted by molar-refractivity contribution is -0.113. The summed E-state index contributed by atoms with van der Waals surface area (Å²) >= 11 is 2.37. The molecule has 1 aromatic carbocycles. The molecule has 2 heterocycles. The van der Waals surface area contributed by atoms with Crippen molar-refractivity contribution in [3.63, 3.8) is 0 Å². The molecule has 0 spiro atoms. The maximum absolute atomic E-state index is 13.3. The minimum absolute atomic E-state index is 0.00138. The number of methoxy groups -OCH3 is 1. The lowest BCUT2D eigenvalue weighted by Gasteiger charge is -2.05. The Kier molecular flexibility index (Phi) is 5.47. The number of aromatic amines is 1. The predicted octanol–water partition coefficient (Wildman–Crippen LogP) is 4.04. The molecule has 2 N–H and O–H groups in total. The monoisotopic (exact) mass is 411 g/mol. The number of halogens is 2. The Bertz CT molecular complexity index is 1010. The number of hydrogen-bond acceptors (Lipinski definition) is 6. The van der Waals surface area contributed by atoms with E-state index in [2.05, 4.69) is 15.3 Å². The highest BCUT2D eigenvalue weighted by molar-refractivity contribution is 7.99. The van der Waals surface area contributed by atoms with Crippen LogP contribution in [0.2, 0.25) is 0 Å². The third-order valence-electron chi connectivity index (χ3n) is 3.87. The Morgan fingerprint density at radius 1 is 1.30 bits per heavy atom. The number of rotatable bonds is 5. The van der Waals surface area contributed by atoms with Crippen LogP contribution >= 0.6 is 23.1 Å². The van der Waals surface area contributed by atoms with E-state index in [0.717, 1.165) is 34.3 Å². The largest absolute Gasteiger partial charge is 0.465 e. The predicted molar refractivity (Wildman–Crippen MR) is 100 cm³/mol. The average molecular weight is 411 g/mol. The van der Waals surface area contributed by atoms with Gasteiger partial charge in [-0.05, 0) is 19.4 Å². The van der Waals surface area contributed by atoms with E-state index in [1.807, 2.05) is 6.92 Å². The molecule has 3 rings (SSSR count). The van der Waals surface area contributed by atoms with Crippen LogP contribution in [0.25, 0.3) is 11.0 Å². The number of carbonyl (C=O) groups is 2. The minimum atomic E-state index is -0.984. The molecule has 0 saturated heterocycles. The second kappa shape index (κ2) is 7.65. The third-order valence-corrected chi connectivity index (χ3v) is 5.87. The van der Waals surface area contributed by atoms with Crippen molar-refractivity contribution >= 4 is 51.0 Å². The number of amides is 1. The van der Waals surface area contributed by atoms with Crippen molar-refractivity contribution in [2.75, 3.05) is 18.2 Å². The van der Waals surface area contributed by atoms with Crippen molar-refractivity contribution in [3.05, 3.63) is 39.8 Å². The molecular formula is C17H15F2N3O3S2. The molecule has 1 amide bonds.